The first-order valence-electron chi connectivity index (χ1n) is 20.9. The Morgan fingerprint density at radius 1 is 0.339 bits per heavy atom. The maximum Gasteiger partial charge on any atom is 0.166 e. The molecule has 3 heterocycles. The van der Waals surface area contributed by atoms with Crippen LogP contribution in [-0.2, 0) is 0 Å². The van der Waals surface area contributed by atoms with E-state index in [4.69, 9.17) is 15.0 Å². The zero-order valence-electron chi connectivity index (χ0n) is 33.3. The van der Waals surface area contributed by atoms with Gasteiger partial charge in [0, 0.05) is 42.9 Å². The second-order valence-electron chi connectivity index (χ2n) is 16.0. The maximum absolute atomic E-state index is 5.46. The van der Waals surface area contributed by atoms with E-state index >= 15 is 0 Å². The minimum atomic E-state index is 0.620. The standard InChI is InChI=1S/C57H34N4S/c1-2-13-35(14-3-1)39-20-12-21-42(31-39)55-58-56(43-26-25-36-15-4-5-17-38(36)32-43)60-57(59-55)47-29-28-46-45-23-10-11-24-51(45)62-54(46)53(47)61-49-30-27-37-16-8-9-22-44(37)52(49)48-33-40-18-6-7-19-41(40)34-50(48)61/h1-34H. The van der Waals surface area contributed by atoms with Gasteiger partial charge in [-0.25, -0.2) is 15.0 Å². The number of aromatic nitrogens is 4. The first-order valence-corrected chi connectivity index (χ1v) is 21.7. The third kappa shape index (κ3) is 5.49. The number of nitrogens with zero attached hydrogens (tertiary/aromatic N) is 4. The van der Waals surface area contributed by atoms with Gasteiger partial charge in [-0.3, -0.25) is 0 Å². The first kappa shape index (κ1) is 34.8. The van der Waals surface area contributed by atoms with Gasteiger partial charge in [0.25, 0.3) is 0 Å². The highest BCUT2D eigenvalue weighted by molar-refractivity contribution is 7.26. The van der Waals surface area contributed by atoms with Crippen molar-refractivity contribution in [3.8, 4) is 51.0 Å². The minimum Gasteiger partial charge on any atom is -0.307 e. The zero-order valence-corrected chi connectivity index (χ0v) is 34.1. The highest BCUT2D eigenvalue weighted by Crippen LogP contribution is 2.46. The first-order chi connectivity index (χ1) is 30.7. The van der Waals surface area contributed by atoms with Crippen molar-refractivity contribution in [3.05, 3.63) is 206 Å². The van der Waals surface area contributed by atoms with Gasteiger partial charge in [-0.2, -0.15) is 0 Å². The van der Waals surface area contributed by atoms with Crippen LogP contribution in [0.3, 0.4) is 0 Å². The molecule has 0 fully saturated rings. The molecule has 0 unspecified atom stereocenters. The highest BCUT2D eigenvalue weighted by atomic mass is 32.1. The summed E-state index contributed by atoms with van der Waals surface area (Å²) in [5.41, 5.74) is 8.39. The smallest absolute Gasteiger partial charge is 0.166 e. The zero-order chi connectivity index (χ0) is 40.7. The van der Waals surface area contributed by atoms with E-state index in [0.29, 0.717) is 17.5 Å². The Morgan fingerprint density at radius 3 is 1.77 bits per heavy atom. The average Bonchev–Trinajstić information content (AvgIpc) is 3.88. The summed E-state index contributed by atoms with van der Waals surface area (Å²) in [4.78, 5) is 16.2. The van der Waals surface area contributed by atoms with Gasteiger partial charge in [-0.15, -0.1) is 11.3 Å². The molecule has 0 saturated carbocycles. The van der Waals surface area contributed by atoms with Crippen LogP contribution in [0.15, 0.2) is 206 Å². The van der Waals surface area contributed by atoms with Gasteiger partial charge < -0.3 is 4.57 Å². The van der Waals surface area contributed by atoms with E-state index < -0.39 is 0 Å². The van der Waals surface area contributed by atoms with Crippen LogP contribution in [0.2, 0.25) is 0 Å². The van der Waals surface area contributed by atoms with Crippen LogP contribution in [-0.4, -0.2) is 19.5 Å². The third-order valence-corrected chi connectivity index (χ3v) is 13.6. The molecule has 0 aliphatic rings. The monoisotopic (exact) mass is 806 g/mol. The molecule has 62 heavy (non-hydrogen) atoms. The summed E-state index contributed by atoms with van der Waals surface area (Å²) in [6.45, 7) is 0. The quantitative estimate of drug-likeness (QED) is 0.174. The fraction of sp³-hybridized carbons (Fsp3) is 0. The molecule has 13 rings (SSSR count). The minimum absolute atomic E-state index is 0.620. The fourth-order valence-corrected chi connectivity index (χ4v) is 10.7. The van der Waals surface area contributed by atoms with E-state index in [0.717, 1.165) is 49.9 Å². The normalized spacial score (nSPS) is 11.9. The molecular weight excluding hydrogens is 773 g/mol. The lowest BCUT2D eigenvalue weighted by atomic mass is 10.0. The molecule has 0 saturated heterocycles. The van der Waals surface area contributed by atoms with Crippen LogP contribution in [0.5, 0.6) is 0 Å². The Morgan fingerprint density at radius 2 is 0.952 bits per heavy atom. The number of thiophene rings is 1. The van der Waals surface area contributed by atoms with E-state index in [2.05, 4.69) is 211 Å². The van der Waals surface area contributed by atoms with Crippen molar-refractivity contribution in [2.24, 2.45) is 0 Å². The molecule has 0 radical (unpaired) electrons. The van der Waals surface area contributed by atoms with E-state index in [-0.39, 0.29) is 0 Å². The van der Waals surface area contributed by atoms with Gasteiger partial charge in [0.1, 0.15) is 0 Å². The predicted octanol–water partition coefficient (Wildman–Crippen LogP) is 15.5. The maximum atomic E-state index is 5.46. The highest BCUT2D eigenvalue weighted by Gasteiger charge is 2.24. The average molecular weight is 807 g/mol. The van der Waals surface area contributed by atoms with Crippen molar-refractivity contribution in [1.82, 2.24) is 19.5 Å². The van der Waals surface area contributed by atoms with Gasteiger partial charge in [-0.1, -0.05) is 164 Å². The summed E-state index contributed by atoms with van der Waals surface area (Å²) < 4.78 is 4.92. The fourth-order valence-electron chi connectivity index (χ4n) is 9.44. The Balaban J connectivity index is 1.16. The molecule has 0 N–H and O–H groups in total. The van der Waals surface area contributed by atoms with Gasteiger partial charge >= 0.3 is 0 Å². The SMILES string of the molecule is c1ccc(-c2cccc(-c3nc(-c4ccc5ccccc5c4)nc(-c4ccc5c(sc6ccccc65)c4-n4c5cc6ccccc6cc5c5c6ccccc6ccc54)n3)c2)cc1. The van der Waals surface area contributed by atoms with Crippen molar-refractivity contribution in [2.75, 3.05) is 0 Å². The van der Waals surface area contributed by atoms with E-state index in [1.54, 1.807) is 0 Å². The molecule has 3 aromatic heterocycles. The van der Waals surface area contributed by atoms with Gasteiger partial charge in [0.05, 0.1) is 21.4 Å². The number of benzene rings is 10. The van der Waals surface area contributed by atoms with Crippen molar-refractivity contribution < 1.29 is 0 Å². The summed E-state index contributed by atoms with van der Waals surface area (Å²) >= 11 is 1.83. The van der Waals surface area contributed by atoms with Crippen LogP contribution in [0.4, 0.5) is 0 Å². The molecular formula is C57H34N4S. The molecule has 5 heteroatoms. The number of hydrogen-bond acceptors (Lipinski definition) is 4. The van der Waals surface area contributed by atoms with E-state index in [9.17, 15) is 0 Å². The van der Waals surface area contributed by atoms with Crippen molar-refractivity contribution in [2.45, 2.75) is 0 Å². The Bertz CT molecular complexity index is 3940. The van der Waals surface area contributed by atoms with Crippen LogP contribution < -0.4 is 0 Å². The van der Waals surface area contributed by atoms with Crippen LogP contribution in [0, 0.1) is 0 Å². The van der Waals surface area contributed by atoms with Crippen LogP contribution in [0.1, 0.15) is 0 Å². The van der Waals surface area contributed by atoms with Crippen LogP contribution >= 0.6 is 11.3 Å². The van der Waals surface area contributed by atoms with E-state index in [1.165, 1.54) is 57.9 Å². The summed E-state index contributed by atoms with van der Waals surface area (Å²) in [5.74, 6) is 1.87. The molecule has 288 valence electrons. The number of hydrogen-bond donors (Lipinski definition) is 0. The van der Waals surface area contributed by atoms with E-state index in [1.807, 2.05) is 11.3 Å². The van der Waals surface area contributed by atoms with Gasteiger partial charge in [-0.05, 0) is 85.9 Å². The Kier molecular flexibility index (Phi) is 7.74. The van der Waals surface area contributed by atoms with Gasteiger partial charge in [0.15, 0.2) is 17.5 Å². The third-order valence-electron chi connectivity index (χ3n) is 12.4. The molecule has 0 aliphatic heterocycles. The topological polar surface area (TPSA) is 43.6 Å². The largest absolute Gasteiger partial charge is 0.307 e. The lowest BCUT2D eigenvalue weighted by Crippen LogP contribution is -2.04. The van der Waals surface area contributed by atoms with Crippen molar-refractivity contribution in [3.63, 3.8) is 0 Å². The summed E-state index contributed by atoms with van der Waals surface area (Å²) in [7, 11) is 0. The molecule has 0 spiro atoms. The molecule has 13 aromatic rings. The Labute approximate surface area is 360 Å². The lowest BCUT2D eigenvalue weighted by Gasteiger charge is -2.16. The van der Waals surface area contributed by atoms with Crippen molar-refractivity contribution >= 4 is 85.6 Å². The predicted molar refractivity (Wildman–Crippen MR) is 261 cm³/mol. The molecule has 0 aliphatic carbocycles. The van der Waals surface area contributed by atoms with Crippen LogP contribution in [0.25, 0.3) is 125 Å². The van der Waals surface area contributed by atoms with Crippen molar-refractivity contribution in [1.29, 1.82) is 0 Å². The number of rotatable bonds is 5. The molecule has 0 amide bonds. The van der Waals surface area contributed by atoms with Gasteiger partial charge in [0.2, 0.25) is 0 Å². The molecule has 10 aromatic carbocycles. The summed E-state index contributed by atoms with van der Waals surface area (Å²) in [6, 6.07) is 73.9. The summed E-state index contributed by atoms with van der Waals surface area (Å²) in [5, 5.41) is 12.1. The molecule has 4 nitrogen and oxygen atoms in total. The Hall–Kier alpha value is -7.99. The summed E-state index contributed by atoms with van der Waals surface area (Å²) in [6.07, 6.45) is 0. The molecule has 0 atom stereocenters. The molecule has 0 bridgehead atoms. The second kappa shape index (κ2) is 13.8. The lowest BCUT2D eigenvalue weighted by molar-refractivity contribution is 1.07. The number of fused-ring (bicyclic) bond motifs is 10. The second-order valence-corrected chi connectivity index (χ2v) is 17.0.